The van der Waals surface area contributed by atoms with Gasteiger partial charge in [-0.25, -0.2) is 0 Å². The number of carbonyl (C=O) groups is 2. The van der Waals surface area contributed by atoms with Gasteiger partial charge in [-0.1, -0.05) is 74.3 Å². The molecule has 0 atom stereocenters. The number of rotatable bonds is 4. The molecule has 2 fully saturated rings. The Labute approximate surface area is 144 Å². The molecule has 0 bridgehead atoms. The molecule has 0 aromatic rings. The Morgan fingerprint density at radius 3 is 1.32 bits per heavy atom. The zero-order chi connectivity index (χ0) is 16.2. The van der Waals surface area contributed by atoms with Gasteiger partial charge >= 0.3 is 11.9 Å². The first-order chi connectivity index (χ1) is 10.4. The number of thiocarbonyl (C=S) groups is 1. The molecular formula is C15H22O4S3. The predicted octanol–water partition coefficient (Wildman–Crippen LogP) is 4.31. The summed E-state index contributed by atoms with van der Waals surface area (Å²) in [5.74, 6) is -1.62. The van der Waals surface area contributed by atoms with Gasteiger partial charge in [0.15, 0.2) is 0 Å². The van der Waals surface area contributed by atoms with E-state index in [-0.39, 0.29) is 0 Å². The van der Waals surface area contributed by atoms with Crippen LogP contribution in [0.1, 0.15) is 64.2 Å². The molecule has 0 amide bonds. The smallest absolute Gasteiger partial charge is 0.320 e. The SMILES string of the molecule is O=C(O)C1(SC(=S)SC2(C(=O)O)CCCCC2)CCCCC1. The minimum absolute atomic E-state index is 0.480. The van der Waals surface area contributed by atoms with Crippen molar-refractivity contribution in [3.05, 3.63) is 0 Å². The molecule has 7 heteroatoms. The van der Waals surface area contributed by atoms with Crippen molar-refractivity contribution in [3.8, 4) is 0 Å². The summed E-state index contributed by atoms with van der Waals surface area (Å²) in [6.45, 7) is 0. The maximum Gasteiger partial charge on any atom is 0.320 e. The van der Waals surface area contributed by atoms with Gasteiger partial charge in [0.2, 0.25) is 0 Å². The van der Waals surface area contributed by atoms with Crippen LogP contribution in [0.15, 0.2) is 0 Å². The van der Waals surface area contributed by atoms with Crippen molar-refractivity contribution < 1.29 is 19.8 Å². The fourth-order valence-electron chi connectivity index (χ4n) is 3.30. The zero-order valence-electron chi connectivity index (χ0n) is 12.5. The Kier molecular flexibility index (Phi) is 6.19. The molecule has 22 heavy (non-hydrogen) atoms. The quantitative estimate of drug-likeness (QED) is 0.722. The van der Waals surface area contributed by atoms with Crippen LogP contribution in [0.3, 0.4) is 0 Å². The number of thioether (sulfide) groups is 2. The van der Waals surface area contributed by atoms with Crippen molar-refractivity contribution >= 4 is 51.2 Å². The van der Waals surface area contributed by atoms with Gasteiger partial charge in [-0.3, -0.25) is 9.59 Å². The van der Waals surface area contributed by atoms with Crippen LogP contribution in [0.4, 0.5) is 0 Å². The third kappa shape index (κ3) is 3.97. The average Bonchev–Trinajstić information content (AvgIpc) is 2.48. The summed E-state index contributed by atoms with van der Waals surface area (Å²) in [7, 11) is 0. The van der Waals surface area contributed by atoms with Crippen molar-refractivity contribution in [2.24, 2.45) is 0 Å². The lowest BCUT2D eigenvalue weighted by Gasteiger charge is -2.36. The molecule has 2 saturated carbocycles. The normalized spacial score (nSPS) is 23.6. The fourth-order valence-corrected chi connectivity index (χ4v) is 7.18. The molecule has 2 aliphatic carbocycles. The maximum absolute atomic E-state index is 11.7. The van der Waals surface area contributed by atoms with Crippen molar-refractivity contribution in [1.82, 2.24) is 0 Å². The van der Waals surface area contributed by atoms with Crippen LogP contribution in [0.2, 0.25) is 0 Å². The molecule has 0 aromatic heterocycles. The van der Waals surface area contributed by atoms with Gasteiger partial charge in [0.25, 0.3) is 0 Å². The molecule has 0 aromatic carbocycles. The van der Waals surface area contributed by atoms with Gasteiger partial charge in [-0.15, -0.1) is 0 Å². The summed E-state index contributed by atoms with van der Waals surface area (Å²) in [5, 5.41) is 19.2. The summed E-state index contributed by atoms with van der Waals surface area (Å²) in [5.41, 5.74) is 0. The van der Waals surface area contributed by atoms with E-state index in [1.54, 1.807) is 0 Å². The topological polar surface area (TPSA) is 74.6 Å². The Morgan fingerprint density at radius 1 is 0.727 bits per heavy atom. The number of aliphatic carboxylic acids is 2. The molecule has 2 rings (SSSR count). The lowest BCUT2D eigenvalue weighted by atomic mass is 9.88. The van der Waals surface area contributed by atoms with Crippen molar-refractivity contribution in [1.29, 1.82) is 0 Å². The monoisotopic (exact) mass is 362 g/mol. The molecular weight excluding hydrogens is 340 g/mol. The standard InChI is InChI=1S/C15H22O4S3/c16-11(17)14(7-3-1-4-8-14)21-13(20)22-15(12(18)19)9-5-2-6-10-15/h1-10H2,(H,16,17)(H,18,19). The van der Waals surface area contributed by atoms with Crippen LogP contribution in [0.25, 0.3) is 0 Å². The van der Waals surface area contributed by atoms with Crippen LogP contribution in [-0.4, -0.2) is 35.2 Å². The molecule has 4 nitrogen and oxygen atoms in total. The Hall–Kier alpha value is -0.270. The van der Waals surface area contributed by atoms with E-state index in [4.69, 9.17) is 12.2 Å². The highest BCUT2D eigenvalue weighted by Gasteiger charge is 2.45. The van der Waals surface area contributed by atoms with Crippen LogP contribution in [0, 0.1) is 0 Å². The maximum atomic E-state index is 11.7. The van der Waals surface area contributed by atoms with E-state index in [0.29, 0.717) is 29.2 Å². The third-order valence-electron chi connectivity index (χ3n) is 4.66. The van der Waals surface area contributed by atoms with Crippen LogP contribution >= 0.6 is 35.7 Å². The molecule has 0 saturated heterocycles. The van der Waals surface area contributed by atoms with E-state index in [1.807, 2.05) is 0 Å². The number of hydrogen-bond acceptors (Lipinski definition) is 5. The minimum Gasteiger partial charge on any atom is -0.480 e. The summed E-state index contributed by atoms with van der Waals surface area (Å²) >= 11 is 7.83. The van der Waals surface area contributed by atoms with Gasteiger partial charge in [-0.05, 0) is 25.7 Å². The van der Waals surface area contributed by atoms with Crippen LogP contribution in [0.5, 0.6) is 0 Å². The average molecular weight is 363 g/mol. The number of carboxylic acids is 2. The fraction of sp³-hybridized carbons (Fsp3) is 0.800. The number of carboxylic acid groups (broad SMARTS) is 2. The van der Waals surface area contributed by atoms with Gasteiger partial charge < -0.3 is 10.2 Å². The van der Waals surface area contributed by atoms with E-state index in [9.17, 15) is 19.8 Å². The molecule has 2 aliphatic rings. The molecule has 0 unspecified atom stereocenters. The van der Waals surface area contributed by atoms with E-state index < -0.39 is 21.4 Å². The van der Waals surface area contributed by atoms with Gasteiger partial charge in [0, 0.05) is 0 Å². The summed E-state index contributed by atoms with van der Waals surface area (Å²) in [4.78, 5) is 23.4. The first-order valence-electron chi connectivity index (χ1n) is 7.79. The largest absolute Gasteiger partial charge is 0.480 e. The second kappa shape index (κ2) is 7.53. The Bertz CT molecular complexity index is 412. The second-order valence-electron chi connectivity index (χ2n) is 6.17. The highest BCUT2D eigenvalue weighted by atomic mass is 32.2. The van der Waals surface area contributed by atoms with Crippen LogP contribution in [-0.2, 0) is 9.59 Å². The summed E-state index contributed by atoms with van der Waals surface area (Å²) < 4.78 is -1.22. The van der Waals surface area contributed by atoms with E-state index in [1.165, 1.54) is 23.5 Å². The lowest BCUT2D eigenvalue weighted by Crippen LogP contribution is -2.40. The predicted molar refractivity (Wildman–Crippen MR) is 94.7 cm³/mol. The molecule has 0 radical (unpaired) electrons. The first-order valence-corrected chi connectivity index (χ1v) is 9.83. The number of hydrogen-bond donors (Lipinski definition) is 2. The molecule has 0 aliphatic heterocycles. The van der Waals surface area contributed by atoms with Crippen molar-refractivity contribution in [3.63, 3.8) is 0 Å². The Balaban J connectivity index is 2.06. The first kappa shape index (κ1) is 18.1. The van der Waals surface area contributed by atoms with Gasteiger partial charge in [-0.2, -0.15) is 0 Å². The van der Waals surface area contributed by atoms with Crippen molar-refractivity contribution in [2.75, 3.05) is 0 Å². The summed E-state index contributed by atoms with van der Waals surface area (Å²) in [6, 6.07) is 0. The third-order valence-corrected chi connectivity index (χ3v) is 7.94. The minimum atomic E-state index is -0.851. The zero-order valence-corrected chi connectivity index (χ0v) is 15.0. The molecule has 124 valence electrons. The summed E-state index contributed by atoms with van der Waals surface area (Å²) in [6.07, 6.45) is 8.20. The van der Waals surface area contributed by atoms with E-state index >= 15 is 0 Å². The van der Waals surface area contributed by atoms with Gasteiger partial charge in [0.05, 0.1) is 0 Å². The second-order valence-corrected chi connectivity index (χ2v) is 10.1. The van der Waals surface area contributed by atoms with E-state index in [2.05, 4.69) is 0 Å². The van der Waals surface area contributed by atoms with Gasteiger partial charge in [0.1, 0.15) is 13.0 Å². The van der Waals surface area contributed by atoms with E-state index in [0.717, 1.165) is 38.5 Å². The lowest BCUT2D eigenvalue weighted by molar-refractivity contribution is -0.141. The highest BCUT2D eigenvalue weighted by Crippen LogP contribution is 2.48. The Morgan fingerprint density at radius 2 is 1.05 bits per heavy atom. The molecule has 2 N–H and O–H groups in total. The van der Waals surface area contributed by atoms with Crippen LogP contribution < -0.4 is 0 Å². The van der Waals surface area contributed by atoms with Crippen molar-refractivity contribution in [2.45, 2.75) is 73.7 Å². The highest BCUT2D eigenvalue weighted by molar-refractivity contribution is 8.48. The molecule has 0 spiro atoms. The molecule has 0 heterocycles.